The van der Waals surface area contributed by atoms with Gasteiger partial charge in [0.1, 0.15) is 0 Å². The molecule has 0 fully saturated rings. The van der Waals surface area contributed by atoms with Crippen LogP contribution in [0.15, 0.2) is 18.2 Å². The number of rotatable bonds is 9. The molecule has 1 N–H and O–H groups in total. The topological polar surface area (TPSA) is 83.9 Å². The van der Waals surface area contributed by atoms with Crippen LogP contribution in [0.2, 0.25) is 0 Å². The van der Waals surface area contributed by atoms with E-state index in [0.717, 1.165) is 6.07 Å². The van der Waals surface area contributed by atoms with Crippen molar-refractivity contribution in [1.29, 1.82) is 0 Å². The number of carbonyl (C=O) groups is 3. The number of benzene rings is 1. The van der Waals surface area contributed by atoms with Crippen molar-refractivity contribution in [3.63, 3.8) is 0 Å². The summed E-state index contributed by atoms with van der Waals surface area (Å²) in [6, 6.07) is 3.87. The summed E-state index contributed by atoms with van der Waals surface area (Å²) in [6.07, 6.45) is -0.245. The van der Waals surface area contributed by atoms with Crippen LogP contribution in [0.3, 0.4) is 0 Å². The summed E-state index contributed by atoms with van der Waals surface area (Å²) < 4.78 is 18.3. The number of carboxylic acids is 1. The zero-order chi connectivity index (χ0) is 17.4. The van der Waals surface area contributed by atoms with Crippen molar-refractivity contribution in [3.05, 3.63) is 29.6 Å². The highest BCUT2D eigenvalue weighted by molar-refractivity contribution is 5.98. The Morgan fingerprint density at radius 1 is 1.22 bits per heavy atom. The molecule has 0 heterocycles. The molecule has 7 heteroatoms. The molecule has 0 saturated heterocycles. The third-order valence-corrected chi connectivity index (χ3v) is 3.37. The summed E-state index contributed by atoms with van der Waals surface area (Å²) in [5.74, 6) is -2.23. The second-order valence-electron chi connectivity index (χ2n) is 4.89. The van der Waals surface area contributed by atoms with Gasteiger partial charge >= 0.3 is 5.97 Å². The van der Waals surface area contributed by atoms with Crippen LogP contribution in [0.1, 0.15) is 36.5 Å². The lowest BCUT2D eigenvalue weighted by atomic mass is 10.1. The first kappa shape index (κ1) is 18.6. The average molecular weight is 325 g/mol. The van der Waals surface area contributed by atoms with Gasteiger partial charge in [0.05, 0.1) is 13.5 Å². The van der Waals surface area contributed by atoms with Crippen LogP contribution in [0.4, 0.5) is 4.39 Å². The summed E-state index contributed by atoms with van der Waals surface area (Å²) in [6.45, 7) is 2.22. The van der Waals surface area contributed by atoms with Gasteiger partial charge in [-0.25, -0.2) is 4.39 Å². The Bertz CT molecular complexity index is 588. The molecule has 1 aromatic carbocycles. The fourth-order valence-electron chi connectivity index (χ4n) is 2.05. The predicted molar refractivity (Wildman–Crippen MR) is 81.0 cm³/mol. The molecule has 126 valence electrons. The number of amides is 1. The Balaban J connectivity index is 2.59. The van der Waals surface area contributed by atoms with Gasteiger partial charge in [-0.2, -0.15) is 0 Å². The number of ether oxygens (including phenoxy) is 1. The van der Waals surface area contributed by atoms with Crippen molar-refractivity contribution in [2.24, 2.45) is 0 Å². The van der Waals surface area contributed by atoms with Crippen molar-refractivity contribution in [1.82, 2.24) is 4.90 Å². The number of carbonyl (C=O) groups excluding carboxylic acids is 2. The van der Waals surface area contributed by atoms with Crippen LogP contribution in [0.25, 0.3) is 0 Å². The number of nitrogens with zero attached hydrogens (tertiary/aromatic N) is 1. The second kappa shape index (κ2) is 8.87. The maximum absolute atomic E-state index is 13.6. The summed E-state index contributed by atoms with van der Waals surface area (Å²) in [7, 11) is 1.33. The van der Waals surface area contributed by atoms with Gasteiger partial charge < -0.3 is 14.7 Å². The molecular formula is C16H20FNO5. The van der Waals surface area contributed by atoms with Gasteiger partial charge in [0.25, 0.3) is 0 Å². The largest absolute Gasteiger partial charge is 0.494 e. The monoisotopic (exact) mass is 325 g/mol. The van der Waals surface area contributed by atoms with E-state index in [1.807, 2.05) is 0 Å². The van der Waals surface area contributed by atoms with Crippen molar-refractivity contribution < 1.29 is 28.6 Å². The number of halogens is 1. The van der Waals surface area contributed by atoms with Crippen molar-refractivity contribution >= 4 is 17.7 Å². The molecule has 1 rings (SSSR count). The van der Waals surface area contributed by atoms with E-state index in [4.69, 9.17) is 9.84 Å². The Morgan fingerprint density at radius 3 is 2.43 bits per heavy atom. The highest BCUT2D eigenvalue weighted by atomic mass is 19.1. The first-order chi connectivity index (χ1) is 10.9. The number of aliphatic carboxylic acids is 1. The third kappa shape index (κ3) is 5.69. The van der Waals surface area contributed by atoms with E-state index in [2.05, 4.69) is 0 Å². The van der Waals surface area contributed by atoms with Gasteiger partial charge in [0.15, 0.2) is 17.3 Å². The van der Waals surface area contributed by atoms with Crippen LogP contribution < -0.4 is 4.74 Å². The number of hydrogen-bond donors (Lipinski definition) is 1. The predicted octanol–water partition coefficient (Wildman–Crippen LogP) is 2.12. The van der Waals surface area contributed by atoms with E-state index in [-0.39, 0.29) is 48.8 Å². The molecule has 0 radical (unpaired) electrons. The van der Waals surface area contributed by atoms with Gasteiger partial charge in [-0.05, 0) is 25.1 Å². The molecule has 0 atom stereocenters. The van der Waals surface area contributed by atoms with Crippen LogP contribution in [0.5, 0.6) is 5.75 Å². The molecule has 0 unspecified atom stereocenters. The molecule has 0 aliphatic heterocycles. The smallest absolute Gasteiger partial charge is 0.305 e. The van der Waals surface area contributed by atoms with Gasteiger partial charge in [-0.3, -0.25) is 14.4 Å². The molecule has 1 aromatic rings. The molecule has 0 aliphatic carbocycles. The van der Waals surface area contributed by atoms with E-state index < -0.39 is 11.8 Å². The lowest BCUT2D eigenvalue weighted by Crippen LogP contribution is -2.33. The number of carboxylic acid groups (broad SMARTS) is 1. The maximum atomic E-state index is 13.6. The highest BCUT2D eigenvalue weighted by Gasteiger charge is 2.16. The van der Waals surface area contributed by atoms with Crippen LogP contribution in [0, 0.1) is 5.82 Å². The standard InChI is InChI=1S/C16H20FNO5/c1-3-18(9-8-16(21)22)15(20)7-5-13(19)11-4-6-14(23-2)12(17)10-11/h4,6,10H,3,5,7-9H2,1-2H3,(H,21,22). The van der Waals surface area contributed by atoms with Crippen LogP contribution >= 0.6 is 0 Å². The minimum Gasteiger partial charge on any atom is -0.494 e. The zero-order valence-electron chi connectivity index (χ0n) is 13.2. The number of Topliss-reactive ketones (excluding diaryl/α,β-unsaturated/α-hetero) is 1. The molecule has 0 aliphatic rings. The molecule has 0 saturated carbocycles. The van der Waals surface area contributed by atoms with Crippen LogP contribution in [-0.4, -0.2) is 47.9 Å². The van der Waals surface area contributed by atoms with Crippen molar-refractivity contribution in [3.8, 4) is 5.75 Å². The normalized spacial score (nSPS) is 10.2. The van der Waals surface area contributed by atoms with E-state index in [0.29, 0.717) is 6.54 Å². The fraction of sp³-hybridized carbons (Fsp3) is 0.438. The van der Waals surface area contributed by atoms with Gasteiger partial charge in [0, 0.05) is 31.5 Å². The Morgan fingerprint density at radius 2 is 1.91 bits per heavy atom. The summed E-state index contributed by atoms with van der Waals surface area (Å²) in [5.41, 5.74) is 0.171. The number of ketones is 1. The number of hydrogen-bond acceptors (Lipinski definition) is 4. The third-order valence-electron chi connectivity index (χ3n) is 3.37. The Kier molecular flexibility index (Phi) is 7.18. The Hall–Kier alpha value is -2.44. The summed E-state index contributed by atoms with van der Waals surface area (Å²) >= 11 is 0. The van der Waals surface area contributed by atoms with Crippen LogP contribution in [-0.2, 0) is 9.59 Å². The minimum atomic E-state index is -0.985. The quantitative estimate of drug-likeness (QED) is 0.703. The fourth-order valence-corrected chi connectivity index (χ4v) is 2.05. The van der Waals surface area contributed by atoms with Gasteiger partial charge in [0.2, 0.25) is 5.91 Å². The highest BCUT2D eigenvalue weighted by Crippen LogP contribution is 2.19. The molecule has 1 amide bonds. The average Bonchev–Trinajstić information content (AvgIpc) is 2.52. The molecule has 0 bridgehead atoms. The van der Waals surface area contributed by atoms with Gasteiger partial charge in [-0.1, -0.05) is 0 Å². The molecule has 0 spiro atoms. The first-order valence-electron chi connectivity index (χ1n) is 7.25. The van der Waals surface area contributed by atoms with Crippen molar-refractivity contribution in [2.75, 3.05) is 20.2 Å². The Labute approximate surface area is 133 Å². The lowest BCUT2D eigenvalue weighted by Gasteiger charge is -2.19. The maximum Gasteiger partial charge on any atom is 0.305 e. The van der Waals surface area contributed by atoms with Crippen molar-refractivity contribution in [2.45, 2.75) is 26.2 Å². The van der Waals surface area contributed by atoms with E-state index in [1.54, 1.807) is 6.92 Å². The molecule has 0 aromatic heterocycles. The van der Waals surface area contributed by atoms with E-state index in [1.165, 1.54) is 24.1 Å². The van der Waals surface area contributed by atoms with E-state index >= 15 is 0 Å². The SMILES string of the molecule is CCN(CCC(=O)O)C(=O)CCC(=O)c1ccc(OC)c(F)c1. The second-order valence-corrected chi connectivity index (χ2v) is 4.89. The first-order valence-corrected chi connectivity index (χ1v) is 7.25. The summed E-state index contributed by atoms with van der Waals surface area (Å²) in [4.78, 5) is 35.9. The van der Waals surface area contributed by atoms with E-state index in [9.17, 15) is 18.8 Å². The lowest BCUT2D eigenvalue weighted by molar-refractivity contribution is -0.138. The zero-order valence-corrected chi connectivity index (χ0v) is 13.2. The minimum absolute atomic E-state index is 0.0417. The molecule has 6 nitrogen and oxygen atoms in total. The molecular weight excluding hydrogens is 305 g/mol. The molecule has 23 heavy (non-hydrogen) atoms. The van der Waals surface area contributed by atoms with Gasteiger partial charge in [-0.15, -0.1) is 0 Å². The number of methoxy groups -OCH3 is 1. The summed E-state index contributed by atoms with van der Waals surface area (Å²) in [5, 5.41) is 8.64.